The fourth-order valence-corrected chi connectivity index (χ4v) is 7.48. The molecular formula is C42H31ClN4O3S2. The van der Waals surface area contributed by atoms with Gasteiger partial charge in [-0.2, -0.15) is 5.26 Å². The number of thiophene rings is 1. The van der Waals surface area contributed by atoms with Crippen molar-refractivity contribution in [3.63, 3.8) is 0 Å². The highest BCUT2D eigenvalue weighted by Gasteiger charge is 2.25. The van der Waals surface area contributed by atoms with Gasteiger partial charge in [-0.25, -0.2) is 0 Å². The van der Waals surface area contributed by atoms with Crippen LogP contribution in [0.1, 0.15) is 37.9 Å². The Kier molecular flexibility index (Phi) is 11.6. The summed E-state index contributed by atoms with van der Waals surface area (Å²) in [5.74, 6) is -1.29. The van der Waals surface area contributed by atoms with E-state index in [1.54, 1.807) is 78.9 Å². The summed E-state index contributed by atoms with van der Waals surface area (Å²) < 4.78 is 0. The number of rotatable bonds is 11. The van der Waals surface area contributed by atoms with E-state index in [9.17, 15) is 19.6 Å². The molecule has 1 atom stereocenters. The number of thioether (sulfide) groups is 1. The first-order valence-corrected chi connectivity index (χ1v) is 18.3. The van der Waals surface area contributed by atoms with Crippen molar-refractivity contribution < 1.29 is 14.4 Å². The molecule has 1 unspecified atom stereocenters. The molecule has 6 rings (SSSR count). The van der Waals surface area contributed by atoms with E-state index in [0.29, 0.717) is 37.3 Å². The highest BCUT2D eigenvalue weighted by molar-refractivity contribution is 8.00. The van der Waals surface area contributed by atoms with Gasteiger partial charge in [-0.15, -0.1) is 23.1 Å². The van der Waals surface area contributed by atoms with E-state index >= 15 is 0 Å². The van der Waals surface area contributed by atoms with Crippen LogP contribution in [-0.4, -0.2) is 17.7 Å². The third-order valence-electron chi connectivity index (χ3n) is 7.88. The summed E-state index contributed by atoms with van der Waals surface area (Å²) in [5, 5.41) is 20.9. The van der Waals surface area contributed by atoms with E-state index < -0.39 is 17.1 Å². The van der Waals surface area contributed by atoms with Crippen molar-refractivity contribution in [1.82, 2.24) is 5.32 Å². The molecule has 3 amide bonds. The molecule has 256 valence electrons. The zero-order valence-electron chi connectivity index (χ0n) is 27.8. The van der Waals surface area contributed by atoms with Gasteiger partial charge in [0, 0.05) is 32.1 Å². The molecule has 0 saturated carbocycles. The molecule has 52 heavy (non-hydrogen) atoms. The molecule has 0 saturated heterocycles. The van der Waals surface area contributed by atoms with Gasteiger partial charge >= 0.3 is 0 Å². The second-order valence-electron chi connectivity index (χ2n) is 11.6. The van der Waals surface area contributed by atoms with E-state index in [-0.39, 0.29) is 11.6 Å². The fourth-order valence-electron chi connectivity index (χ4n) is 5.27. The fraction of sp³-hybridized carbons (Fsp3) is 0.0476. The van der Waals surface area contributed by atoms with Gasteiger partial charge < -0.3 is 16.0 Å². The van der Waals surface area contributed by atoms with Crippen molar-refractivity contribution in [1.29, 1.82) is 5.26 Å². The average Bonchev–Trinajstić information content (AvgIpc) is 3.56. The Labute approximate surface area is 315 Å². The molecular weight excluding hydrogens is 708 g/mol. The molecule has 6 aromatic rings. The van der Waals surface area contributed by atoms with Crippen molar-refractivity contribution in [2.45, 2.75) is 17.1 Å². The molecule has 0 fully saturated rings. The molecule has 0 radical (unpaired) electrons. The quantitative estimate of drug-likeness (QED) is 0.0905. The summed E-state index contributed by atoms with van der Waals surface area (Å²) in [6.07, 6.45) is 1.56. The Morgan fingerprint density at radius 2 is 1.54 bits per heavy atom. The third kappa shape index (κ3) is 9.05. The van der Waals surface area contributed by atoms with E-state index in [1.807, 2.05) is 73.0 Å². The van der Waals surface area contributed by atoms with Crippen LogP contribution in [0.4, 0.5) is 10.7 Å². The Hall–Kier alpha value is -5.92. The minimum atomic E-state index is -0.688. The zero-order valence-corrected chi connectivity index (χ0v) is 30.2. The summed E-state index contributed by atoms with van der Waals surface area (Å²) >= 11 is 8.81. The molecule has 0 bridgehead atoms. The Balaban J connectivity index is 1.24. The molecule has 1 heterocycles. The molecule has 3 N–H and O–H groups in total. The predicted octanol–water partition coefficient (Wildman–Crippen LogP) is 10.1. The highest BCUT2D eigenvalue weighted by Crippen LogP contribution is 2.40. The van der Waals surface area contributed by atoms with Gasteiger partial charge in [0.05, 0.1) is 5.56 Å². The number of halogens is 1. The van der Waals surface area contributed by atoms with E-state index in [1.165, 1.54) is 23.1 Å². The highest BCUT2D eigenvalue weighted by atomic mass is 35.5. The summed E-state index contributed by atoms with van der Waals surface area (Å²) in [6, 6.07) is 42.2. The molecule has 1 aromatic heterocycles. The molecule has 0 aliphatic heterocycles. The van der Waals surface area contributed by atoms with Crippen LogP contribution in [0.25, 0.3) is 17.2 Å². The number of carbonyl (C=O) groups is 3. The standard InChI is InChI=1S/C42H31ClN4O3S2/c1-27-18-20-29(21-19-27)36-26-51-42(35(36)25-44)47-41(50)38(30-11-4-2-5-12-30)52-34-17-9-16-33(24-34)45-40(49)37(23-28-10-8-15-32(43)22-28)46-39(48)31-13-6-3-7-14-31/h2-24,26,38H,1H3,(H,45,49)(H,46,48)(H,47,50)/b37-23-. The summed E-state index contributed by atoms with van der Waals surface area (Å²) in [4.78, 5) is 41.5. The lowest BCUT2D eigenvalue weighted by atomic mass is 10.0. The van der Waals surface area contributed by atoms with Crippen LogP contribution in [0.5, 0.6) is 0 Å². The molecule has 10 heteroatoms. The predicted molar refractivity (Wildman–Crippen MR) is 211 cm³/mol. The summed E-state index contributed by atoms with van der Waals surface area (Å²) in [6.45, 7) is 2.00. The van der Waals surface area contributed by atoms with Crippen LogP contribution in [0.2, 0.25) is 5.02 Å². The first-order chi connectivity index (χ1) is 25.3. The first-order valence-electron chi connectivity index (χ1n) is 16.1. The second-order valence-corrected chi connectivity index (χ2v) is 14.1. The summed E-state index contributed by atoms with van der Waals surface area (Å²) in [5.41, 5.74) is 5.45. The van der Waals surface area contributed by atoms with E-state index in [0.717, 1.165) is 22.3 Å². The third-order valence-corrected chi connectivity index (χ3v) is 10.3. The average molecular weight is 739 g/mol. The number of benzene rings is 5. The monoisotopic (exact) mass is 738 g/mol. The molecule has 5 aromatic carbocycles. The van der Waals surface area contributed by atoms with Crippen LogP contribution >= 0.6 is 34.7 Å². The van der Waals surface area contributed by atoms with Gasteiger partial charge in [0.25, 0.3) is 11.8 Å². The van der Waals surface area contributed by atoms with Crippen LogP contribution in [-0.2, 0) is 9.59 Å². The number of aryl methyl sites for hydroxylation is 1. The van der Waals surface area contributed by atoms with E-state index in [4.69, 9.17) is 11.6 Å². The lowest BCUT2D eigenvalue weighted by molar-refractivity contribution is -0.116. The SMILES string of the molecule is Cc1ccc(-c2csc(NC(=O)C(Sc3cccc(NC(=O)/C(=C/c4cccc(Cl)c4)NC(=O)c4ccccc4)c3)c3ccccc3)c2C#N)cc1. The number of nitriles is 1. The number of nitrogens with one attached hydrogen (secondary N) is 3. The van der Waals surface area contributed by atoms with Gasteiger partial charge in [0.15, 0.2) is 0 Å². The smallest absolute Gasteiger partial charge is 0.272 e. The number of anilines is 2. The minimum Gasteiger partial charge on any atom is -0.321 e. The second kappa shape index (κ2) is 16.9. The number of carbonyl (C=O) groups excluding carboxylic acids is 3. The van der Waals surface area contributed by atoms with Crippen LogP contribution < -0.4 is 16.0 Å². The van der Waals surface area contributed by atoms with Gasteiger partial charge in [-0.05, 0) is 72.2 Å². The maximum atomic E-state index is 14.0. The van der Waals surface area contributed by atoms with E-state index in [2.05, 4.69) is 22.0 Å². The number of amides is 3. The Morgan fingerprint density at radius 3 is 2.25 bits per heavy atom. The van der Waals surface area contributed by atoms with Crippen molar-refractivity contribution in [3.8, 4) is 17.2 Å². The normalized spacial score (nSPS) is 11.6. The molecule has 7 nitrogen and oxygen atoms in total. The topological polar surface area (TPSA) is 111 Å². The maximum Gasteiger partial charge on any atom is 0.272 e. The van der Waals surface area contributed by atoms with Gasteiger partial charge in [0.2, 0.25) is 5.91 Å². The lowest BCUT2D eigenvalue weighted by Crippen LogP contribution is -2.30. The van der Waals surface area contributed by atoms with Gasteiger partial charge in [0.1, 0.15) is 22.0 Å². The van der Waals surface area contributed by atoms with Crippen molar-refractivity contribution in [2.24, 2.45) is 0 Å². The van der Waals surface area contributed by atoms with Crippen molar-refractivity contribution in [3.05, 3.63) is 177 Å². The molecule has 0 spiro atoms. The van der Waals surface area contributed by atoms with Crippen molar-refractivity contribution in [2.75, 3.05) is 10.6 Å². The minimum absolute atomic E-state index is 0.0185. The van der Waals surface area contributed by atoms with Crippen LogP contribution in [0.15, 0.2) is 149 Å². The summed E-state index contributed by atoms with van der Waals surface area (Å²) in [7, 11) is 0. The number of nitrogens with zero attached hydrogens (tertiary/aromatic N) is 1. The zero-order chi connectivity index (χ0) is 36.5. The van der Waals surface area contributed by atoms with Crippen molar-refractivity contribution >= 4 is 69.2 Å². The Bertz CT molecular complexity index is 2300. The maximum absolute atomic E-state index is 14.0. The largest absolute Gasteiger partial charge is 0.321 e. The number of hydrogen-bond acceptors (Lipinski definition) is 6. The number of hydrogen-bond donors (Lipinski definition) is 3. The Morgan fingerprint density at radius 1 is 0.827 bits per heavy atom. The van der Waals surface area contributed by atoms with Gasteiger partial charge in [-0.1, -0.05) is 108 Å². The van der Waals surface area contributed by atoms with Gasteiger partial charge in [-0.3, -0.25) is 14.4 Å². The molecule has 0 aliphatic carbocycles. The molecule has 0 aliphatic rings. The first kappa shape index (κ1) is 35.9. The lowest BCUT2D eigenvalue weighted by Gasteiger charge is -2.17. The van der Waals surface area contributed by atoms with Crippen LogP contribution in [0, 0.1) is 18.3 Å². The van der Waals surface area contributed by atoms with Crippen LogP contribution in [0.3, 0.4) is 0 Å².